The first-order chi connectivity index (χ1) is 8.65. The van der Waals surface area contributed by atoms with Gasteiger partial charge in [-0.05, 0) is 19.9 Å². The van der Waals surface area contributed by atoms with Gasteiger partial charge in [-0.3, -0.25) is 4.90 Å². The van der Waals surface area contributed by atoms with Gasteiger partial charge < -0.3 is 9.84 Å². The summed E-state index contributed by atoms with van der Waals surface area (Å²) in [7, 11) is 0. The fourth-order valence-corrected chi connectivity index (χ4v) is 1.91. The Hall–Kier alpha value is -0.380. The predicted octanol–water partition coefficient (Wildman–Crippen LogP) is 3.19. The first-order valence-electron chi connectivity index (χ1n) is 7.31. The second kappa shape index (κ2) is 11.7. The minimum atomic E-state index is -0.627. The van der Waals surface area contributed by atoms with E-state index in [-0.39, 0.29) is 0 Å². The Morgan fingerprint density at radius 3 is 2.56 bits per heavy atom. The highest BCUT2D eigenvalue weighted by molar-refractivity contribution is 4.83. The molecule has 18 heavy (non-hydrogen) atoms. The minimum absolute atomic E-state index is 0.353. The second-order valence-electron chi connectivity index (χ2n) is 4.78. The summed E-state index contributed by atoms with van der Waals surface area (Å²) >= 11 is 0. The van der Waals surface area contributed by atoms with Crippen molar-refractivity contribution in [2.24, 2.45) is 0 Å². The quantitative estimate of drug-likeness (QED) is 0.331. The van der Waals surface area contributed by atoms with Crippen molar-refractivity contribution in [2.45, 2.75) is 65.2 Å². The molecule has 0 aliphatic carbocycles. The van der Waals surface area contributed by atoms with Crippen molar-refractivity contribution in [3.05, 3.63) is 12.7 Å². The number of unbranched alkanes of at least 4 members (excludes halogenated alkanes) is 3. The van der Waals surface area contributed by atoms with Gasteiger partial charge in [-0.25, -0.2) is 0 Å². The molecular weight excluding hydrogens is 226 g/mol. The SMILES string of the molecule is C=CC(C)N(CC)CCC(O)OCCCCCC. The second-order valence-corrected chi connectivity index (χ2v) is 4.78. The zero-order valence-corrected chi connectivity index (χ0v) is 12.4. The third-order valence-corrected chi connectivity index (χ3v) is 3.29. The normalized spacial score (nSPS) is 14.7. The van der Waals surface area contributed by atoms with Crippen LogP contribution in [0.3, 0.4) is 0 Å². The third kappa shape index (κ3) is 8.67. The van der Waals surface area contributed by atoms with Gasteiger partial charge in [-0.15, -0.1) is 6.58 Å². The maximum atomic E-state index is 9.73. The van der Waals surface area contributed by atoms with Crippen molar-refractivity contribution in [1.29, 1.82) is 0 Å². The lowest BCUT2D eigenvalue weighted by Crippen LogP contribution is -2.34. The summed E-state index contributed by atoms with van der Waals surface area (Å²) in [6.07, 6.45) is 6.69. The lowest BCUT2D eigenvalue weighted by Gasteiger charge is -2.26. The molecular formula is C15H31NO2. The molecule has 108 valence electrons. The van der Waals surface area contributed by atoms with E-state index in [1.807, 2.05) is 6.08 Å². The van der Waals surface area contributed by atoms with Crippen molar-refractivity contribution in [1.82, 2.24) is 4.90 Å². The van der Waals surface area contributed by atoms with Crippen molar-refractivity contribution >= 4 is 0 Å². The third-order valence-electron chi connectivity index (χ3n) is 3.29. The average molecular weight is 257 g/mol. The Morgan fingerprint density at radius 1 is 1.28 bits per heavy atom. The molecule has 0 radical (unpaired) electrons. The summed E-state index contributed by atoms with van der Waals surface area (Å²) in [6.45, 7) is 12.7. The van der Waals surface area contributed by atoms with Crippen LogP contribution in [0.2, 0.25) is 0 Å². The van der Waals surface area contributed by atoms with Crippen LogP contribution in [0, 0.1) is 0 Å². The predicted molar refractivity (Wildman–Crippen MR) is 77.6 cm³/mol. The molecule has 3 heteroatoms. The molecule has 0 aliphatic heterocycles. The molecule has 1 N–H and O–H groups in total. The van der Waals surface area contributed by atoms with E-state index >= 15 is 0 Å². The zero-order chi connectivity index (χ0) is 13.8. The number of nitrogens with zero attached hydrogens (tertiary/aromatic N) is 1. The van der Waals surface area contributed by atoms with Gasteiger partial charge in [-0.1, -0.05) is 39.2 Å². The maximum absolute atomic E-state index is 9.73. The van der Waals surface area contributed by atoms with Crippen molar-refractivity contribution in [3.63, 3.8) is 0 Å². The molecule has 0 spiro atoms. The molecule has 3 nitrogen and oxygen atoms in total. The van der Waals surface area contributed by atoms with E-state index in [0.717, 1.165) is 19.5 Å². The first kappa shape index (κ1) is 17.6. The fraction of sp³-hybridized carbons (Fsp3) is 0.867. The summed E-state index contributed by atoms with van der Waals surface area (Å²) in [5, 5.41) is 9.73. The summed E-state index contributed by atoms with van der Waals surface area (Å²) in [4.78, 5) is 2.27. The van der Waals surface area contributed by atoms with Crippen molar-refractivity contribution < 1.29 is 9.84 Å². The molecule has 0 bridgehead atoms. The molecule has 0 fully saturated rings. The molecule has 2 atom stereocenters. The monoisotopic (exact) mass is 257 g/mol. The number of rotatable bonds is 12. The molecule has 0 aliphatic rings. The van der Waals surface area contributed by atoms with Crippen LogP contribution in [0.5, 0.6) is 0 Å². The molecule has 0 aromatic rings. The van der Waals surface area contributed by atoms with E-state index in [0.29, 0.717) is 19.1 Å². The average Bonchev–Trinajstić information content (AvgIpc) is 2.38. The van der Waals surface area contributed by atoms with Gasteiger partial charge in [0.1, 0.15) is 0 Å². The Bertz CT molecular complexity index is 197. The summed E-state index contributed by atoms with van der Waals surface area (Å²) in [6, 6.07) is 0.353. The largest absolute Gasteiger partial charge is 0.368 e. The van der Waals surface area contributed by atoms with Gasteiger partial charge in [-0.2, -0.15) is 0 Å². The molecule has 0 saturated heterocycles. The molecule has 0 rings (SSSR count). The van der Waals surface area contributed by atoms with E-state index in [1.165, 1.54) is 19.3 Å². The van der Waals surface area contributed by atoms with Gasteiger partial charge in [0, 0.05) is 25.6 Å². The summed E-state index contributed by atoms with van der Waals surface area (Å²) in [5.41, 5.74) is 0. The highest BCUT2D eigenvalue weighted by Crippen LogP contribution is 2.05. The van der Waals surface area contributed by atoms with Crippen LogP contribution in [0.25, 0.3) is 0 Å². The van der Waals surface area contributed by atoms with Gasteiger partial charge in [0.05, 0.1) is 0 Å². The van der Waals surface area contributed by atoms with Crippen LogP contribution >= 0.6 is 0 Å². The molecule has 0 aromatic heterocycles. The topological polar surface area (TPSA) is 32.7 Å². The van der Waals surface area contributed by atoms with E-state index < -0.39 is 6.29 Å². The number of ether oxygens (including phenoxy) is 1. The minimum Gasteiger partial charge on any atom is -0.368 e. The molecule has 0 heterocycles. The Morgan fingerprint density at radius 2 is 2.00 bits per heavy atom. The highest BCUT2D eigenvalue weighted by atomic mass is 16.6. The lowest BCUT2D eigenvalue weighted by molar-refractivity contribution is -0.107. The van der Waals surface area contributed by atoms with Crippen LogP contribution in [-0.4, -0.2) is 42.0 Å². The van der Waals surface area contributed by atoms with Crippen LogP contribution in [0.4, 0.5) is 0 Å². The number of hydrogen-bond acceptors (Lipinski definition) is 3. The fourth-order valence-electron chi connectivity index (χ4n) is 1.91. The van der Waals surface area contributed by atoms with Gasteiger partial charge >= 0.3 is 0 Å². The van der Waals surface area contributed by atoms with E-state index in [9.17, 15) is 5.11 Å². The molecule has 0 saturated carbocycles. The van der Waals surface area contributed by atoms with Gasteiger partial charge in [0.2, 0.25) is 0 Å². The molecule has 0 amide bonds. The van der Waals surface area contributed by atoms with E-state index in [2.05, 4.69) is 32.3 Å². The van der Waals surface area contributed by atoms with E-state index in [1.54, 1.807) is 0 Å². The summed E-state index contributed by atoms with van der Waals surface area (Å²) in [5.74, 6) is 0. The Balaban J connectivity index is 3.61. The number of hydrogen-bond donors (Lipinski definition) is 1. The van der Waals surface area contributed by atoms with Gasteiger partial charge in [0.15, 0.2) is 6.29 Å². The number of likely N-dealkylation sites (N-methyl/N-ethyl adjacent to an activating group) is 1. The molecule has 0 aromatic carbocycles. The van der Waals surface area contributed by atoms with Crippen molar-refractivity contribution in [2.75, 3.05) is 19.7 Å². The first-order valence-corrected chi connectivity index (χ1v) is 7.31. The highest BCUT2D eigenvalue weighted by Gasteiger charge is 2.11. The number of aliphatic hydroxyl groups is 1. The zero-order valence-electron chi connectivity index (χ0n) is 12.4. The smallest absolute Gasteiger partial charge is 0.155 e. The maximum Gasteiger partial charge on any atom is 0.155 e. The van der Waals surface area contributed by atoms with Crippen LogP contribution in [0.15, 0.2) is 12.7 Å². The Labute approximate surface area is 113 Å². The van der Waals surface area contributed by atoms with Crippen molar-refractivity contribution in [3.8, 4) is 0 Å². The van der Waals surface area contributed by atoms with Crippen LogP contribution in [0.1, 0.15) is 52.9 Å². The Kier molecular flexibility index (Phi) is 11.4. The lowest BCUT2D eigenvalue weighted by atomic mass is 10.2. The molecule has 2 unspecified atom stereocenters. The van der Waals surface area contributed by atoms with Crippen LogP contribution < -0.4 is 0 Å². The van der Waals surface area contributed by atoms with E-state index in [4.69, 9.17) is 4.74 Å². The van der Waals surface area contributed by atoms with Crippen LogP contribution in [-0.2, 0) is 4.74 Å². The number of aliphatic hydroxyl groups excluding tert-OH is 1. The standard InChI is InChI=1S/C15H31NO2/c1-5-8-9-10-13-18-15(17)11-12-16(7-3)14(4)6-2/h6,14-15,17H,2,5,7-13H2,1,3-4H3. The summed E-state index contributed by atoms with van der Waals surface area (Å²) < 4.78 is 5.40. The van der Waals surface area contributed by atoms with Gasteiger partial charge in [0.25, 0.3) is 0 Å².